The van der Waals surface area contributed by atoms with E-state index in [9.17, 15) is 14.3 Å². The molecule has 0 aliphatic heterocycles. The molecule has 1 unspecified atom stereocenters. The van der Waals surface area contributed by atoms with Crippen LogP contribution in [-0.2, 0) is 23.2 Å². The highest BCUT2D eigenvalue weighted by molar-refractivity contribution is 5.78. The Morgan fingerprint density at radius 1 is 1.32 bits per heavy atom. The SMILES string of the molecule is COc1ccc(CC(=O)NCC2(O)CCCc3ccccc32)cc1F. The summed E-state index contributed by atoms with van der Waals surface area (Å²) in [5.74, 6) is -0.592. The number of amides is 1. The number of methoxy groups -OCH3 is 1. The molecule has 1 amide bonds. The van der Waals surface area contributed by atoms with E-state index in [1.165, 1.54) is 19.2 Å². The lowest BCUT2D eigenvalue weighted by Gasteiger charge is -2.34. The molecule has 2 aromatic rings. The van der Waals surface area contributed by atoms with Crippen molar-refractivity contribution in [1.29, 1.82) is 0 Å². The summed E-state index contributed by atoms with van der Waals surface area (Å²) in [5, 5.41) is 13.7. The molecule has 0 heterocycles. The van der Waals surface area contributed by atoms with E-state index in [0.29, 0.717) is 12.0 Å². The zero-order chi connectivity index (χ0) is 17.9. The Morgan fingerprint density at radius 2 is 2.12 bits per heavy atom. The number of carbonyl (C=O) groups is 1. The average molecular weight is 343 g/mol. The van der Waals surface area contributed by atoms with Gasteiger partial charge in [0.15, 0.2) is 11.6 Å². The van der Waals surface area contributed by atoms with Gasteiger partial charge in [0.1, 0.15) is 5.60 Å². The summed E-state index contributed by atoms with van der Waals surface area (Å²) in [6.45, 7) is 0.154. The normalized spacial score (nSPS) is 19.2. The Labute approximate surface area is 146 Å². The van der Waals surface area contributed by atoms with E-state index in [2.05, 4.69) is 5.32 Å². The Bertz CT molecular complexity index is 777. The van der Waals surface area contributed by atoms with Crippen LogP contribution in [-0.4, -0.2) is 24.7 Å². The summed E-state index contributed by atoms with van der Waals surface area (Å²) in [6.07, 6.45) is 2.49. The molecule has 1 atom stereocenters. The monoisotopic (exact) mass is 343 g/mol. The first-order chi connectivity index (χ1) is 12.0. The smallest absolute Gasteiger partial charge is 0.224 e. The molecule has 2 N–H and O–H groups in total. The van der Waals surface area contributed by atoms with E-state index in [4.69, 9.17) is 4.74 Å². The van der Waals surface area contributed by atoms with Crippen LogP contribution in [0.2, 0.25) is 0 Å². The molecule has 0 aromatic heterocycles. The van der Waals surface area contributed by atoms with E-state index >= 15 is 0 Å². The number of fused-ring (bicyclic) bond motifs is 1. The van der Waals surface area contributed by atoms with Gasteiger partial charge in [-0.3, -0.25) is 4.79 Å². The number of halogens is 1. The molecule has 3 rings (SSSR count). The lowest BCUT2D eigenvalue weighted by atomic mass is 9.79. The van der Waals surface area contributed by atoms with Crippen LogP contribution in [0.15, 0.2) is 42.5 Å². The molecular formula is C20H22FNO3. The number of ether oxygens (including phenoxy) is 1. The summed E-state index contributed by atoms with van der Waals surface area (Å²) < 4.78 is 18.6. The summed E-state index contributed by atoms with van der Waals surface area (Å²) in [7, 11) is 1.40. The van der Waals surface area contributed by atoms with Crippen molar-refractivity contribution in [2.45, 2.75) is 31.3 Å². The van der Waals surface area contributed by atoms with Crippen LogP contribution in [0.4, 0.5) is 4.39 Å². The fraction of sp³-hybridized carbons (Fsp3) is 0.350. The number of aryl methyl sites for hydroxylation is 1. The van der Waals surface area contributed by atoms with Crippen molar-refractivity contribution in [1.82, 2.24) is 5.32 Å². The van der Waals surface area contributed by atoms with Gasteiger partial charge >= 0.3 is 0 Å². The minimum Gasteiger partial charge on any atom is -0.494 e. The molecule has 1 aliphatic carbocycles. The van der Waals surface area contributed by atoms with E-state index in [-0.39, 0.29) is 24.6 Å². The van der Waals surface area contributed by atoms with Crippen LogP contribution in [0.5, 0.6) is 5.75 Å². The lowest BCUT2D eigenvalue weighted by Crippen LogP contribution is -2.43. The van der Waals surface area contributed by atoms with Crippen LogP contribution >= 0.6 is 0 Å². The fourth-order valence-electron chi connectivity index (χ4n) is 3.39. The maximum Gasteiger partial charge on any atom is 0.224 e. The number of hydrogen-bond donors (Lipinski definition) is 2. The molecule has 5 heteroatoms. The third-order valence-electron chi connectivity index (χ3n) is 4.71. The zero-order valence-electron chi connectivity index (χ0n) is 14.2. The fourth-order valence-corrected chi connectivity index (χ4v) is 3.39. The van der Waals surface area contributed by atoms with E-state index in [1.54, 1.807) is 6.07 Å². The van der Waals surface area contributed by atoms with Gasteiger partial charge in [-0.05, 0) is 48.1 Å². The first-order valence-corrected chi connectivity index (χ1v) is 8.42. The number of aliphatic hydroxyl groups is 1. The number of nitrogens with one attached hydrogen (secondary N) is 1. The summed E-state index contributed by atoms with van der Waals surface area (Å²) in [6, 6.07) is 12.2. The second kappa shape index (κ2) is 7.23. The third-order valence-corrected chi connectivity index (χ3v) is 4.71. The largest absolute Gasteiger partial charge is 0.494 e. The minimum atomic E-state index is -1.05. The van der Waals surface area contributed by atoms with Crippen LogP contribution in [0, 0.1) is 5.82 Å². The van der Waals surface area contributed by atoms with Crippen molar-refractivity contribution < 1.29 is 19.0 Å². The minimum absolute atomic E-state index is 0.0542. The van der Waals surface area contributed by atoms with E-state index in [0.717, 1.165) is 24.0 Å². The quantitative estimate of drug-likeness (QED) is 0.878. The summed E-state index contributed by atoms with van der Waals surface area (Å²) in [5.41, 5.74) is 1.53. The van der Waals surface area contributed by atoms with Crippen molar-refractivity contribution in [3.8, 4) is 5.75 Å². The van der Waals surface area contributed by atoms with Crippen molar-refractivity contribution in [2.75, 3.05) is 13.7 Å². The van der Waals surface area contributed by atoms with Crippen LogP contribution in [0.1, 0.15) is 29.5 Å². The second-order valence-electron chi connectivity index (χ2n) is 6.46. The third kappa shape index (κ3) is 3.82. The maximum atomic E-state index is 13.7. The molecule has 0 saturated carbocycles. The highest BCUT2D eigenvalue weighted by atomic mass is 19.1. The van der Waals surface area contributed by atoms with Gasteiger partial charge in [0.05, 0.1) is 20.1 Å². The van der Waals surface area contributed by atoms with Crippen LogP contribution in [0.3, 0.4) is 0 Å². The van der Waals surface area contributed by atoms with Crippen LogP contribution < -0.4 is 10.1 Å². The first-order valence-electron chi connectivity index (χ1n) is 8.42. The molecule has 25 heavy (non-hydrogen) atoms. The highest BCUT2D eigenvalue weighted by Crippen LogP contribution is 2.34. The number of carbonyl (C=O) groups excluding carboxylic acids is 1. The molecule has 0 radical (unpaired) electrons. The molecule has 1 aliphatic rings. The first kappa shape index (κ1) is 17.4. The average Bonchev–Trinajstić information content (AvgIpc) is 2.61. The Balaban J connectivity index is 1.64. The van der Waals surface area contributed by atoms with Crippen molar-refractivity contribution in [3.63, 3.8) is 0 Å². The van der Waals surface area contributed by atoms with Gasteiger partial charge in [-0.2, -0.15) is 0 Å². The maximum absolute atomic E-state index is 13.7. The van der Waals surface area contributed by atoms with Gasteiger partial charge in [0, 0.05) is 0 Å². The van der Waals surface area contributed by atoms with Gasteiger partial charge in [0.2, 0.25) is 5.91 Å². The van der Waals surface area contributed by atoms with Crippen molar-refractivity contribution in [2.24, 2.45) is 0 Å². The molecule has 0 saturated heterocycles. The second-order valence-corrected chi connectivity index (χ2v) is 6.46. The van der Waals surface area contributed by atoms with Gasteiger partial charge in [0.25, 0.3) is 0 Å². The van der Waals surface area contributed by atoms with Gasteiger partial charge < -0.3 is 15.2 Å². The predicted molar refractivity (Wildman–Crippen MR) is 92.9 cm³/mol. The van der Waals surface area contributed by atoms with E-state index in [1.807, 2.05) is 24.3 Å². The molecule has 2 aromatic carbocycles. The Kier molecular flexibility index (Phi) is 5.04. The Morgan fingerprint density at radius 3 is 2.88 bits per heavy atom. The van der Waals surface area contributed by atoms with Crippen molar-refractivity contribution >= 4 is 5.91 Å². The number of rotatable bonds is 5. The topological polar surface area (TPSA) is 58.6 Å². The van der Waals surface area contributed by atoms with Gasteiger partial charge in [-0.1, -0.05) is 30.3 Å². The molecular weight excluding hydrogens is 321 g/mol. The lowest BCUT2D eigenvalue weighted by molar-refractivity contribution is -0.122. The number of benzene rings is 2. The van der Waals surface area contributed by atoms with E-state index < -0.39 is 11.4 Å². The molecule has 4 nitrogen and oxygen atoms in total. The van der Waals surface area contributed by atoms with Crippen LogP contribution in [0.25, 0.3) is 0 Å². The number of hydrogen-bond acceptors (Lipinski definition) is 3. The molecule has 0 spiro atoms. The predicted octanol–water partition coefficient (Wildman–Crippen LogP) is 2.72. The zero-order valence-corrected chi connectivity index (χ0v) is 14.2. The van der Waals surface area contributed by atoms with Gasteiger partial charge in [-0.15, -0.1) is 0 Å². The highest BCUT2D eigenvalue weighted by Gasteiger charge is 2.34. The molecule has 132 valence electrons. The standard InChI is InChI=1S/C20H22FNO3/c1-25-18-9-8-14(11-17(18)21)12-19(23)22-13-20(24)10-4-6-15-5-2-3-7-16(15)20/h2-3,5,7-9,11,24H,4,6,10,12-13H2,1H3,(H,22,23). The Hall–Kier alpha value is -2.40. The van der Waals surface area contributed by atoms with Gasteiger partial charge in [-0.25, -0.2) is 4.39 Å². The summed E-state index contributed by atoms with van der Waals surface area (Å²) >= 11 is 0. The van der Waals surface area contributed by atoms with Crippen molar-refractivity contribution in [3.05, 3.63) is 65.0 Å². The molecule has 0 fully saturated rings. The summed E-state index contributed by atoms with van der Waals surface area (Å²) in [4.78, 5) is 12.2. The molecule has 0 bridgehead atoms.